The number of nitrogens with zero attached hydrogens (tertiary/aromatic N) is 1. The normalized spacial score (nSPS) is 16.1. The van der Waals surface area contributed by atoms with Crippen molar-refractivity contribution in [2.75, 3.05) is 6.61 Å². The zero-order valence-electron chi connectivity index (χ0n) is 13.9. The van der Waals surface area contributed by atoms with Gasteiger partial charge in [0.25, 0.3) is 5.91 Å². The summed E-state index contributed by atoms with van der Waals surface area (Å²) in [7, 11) is 0. The molecular formula is C18H19N3O4. The molecule has 1 aliphatic rings. The van der Waals surface area contributed by atoms with Crippen molar-refractivity contribution in [3.05, 3.63) is 41.1 Å². The van der Waals surface area contributed by atoms with Crippen molar-refractivity contribution in [3.8, 4) is 0 Å². The number of hydrogen-bond donors (Lipinski definition) is 2. The van der Waals surface area contributed by atoms with Gasteiger partial charge in [0, 0.05) is 11.1 Å². The molecule has 1 heterocycles. The smallest absolute Gasteiger partial charge is 0.339 e. The first kappa shape index (κ1) is 16.9. The molecule has 1 aromatic carbocycles. The Morgan fingerprint density at radius 3 is 2.84 bits per heavy atom. The van der Waals surface area contributed by atoms with E-state index >= 15 is 0 Å². The fourth-order valence-electron chi connectivity index (χ4n) is 3.17. The second kappa shape index (κ2) is 6.88. The molecule has 2 aromatic rings. The van der Waals surface area contributed by atoms with Crippen molar-refractivity contribution in [1.29, 1.82) is 0 Å². The lowest BCUT2D eigenvalue weighted by Crippen LogP contribution is -2.37. The minimum absolute atomic E-state index is 0.445. The number of carbonyl (C=O) groups is 3. The van der Waals surface area contributed by atoms with E-state index in [0.29, 0.717) is 16.9 Å². The quantitative estimate of drug-likeness (QED) is 0.826. The van der Waals surface area contributed by atoms with Crippen LogP contribution in [-0.4, -0.2) is 29.5 Å². The molecule has 0 bridgehead atoms. The van der Waals surface area contributed by atoms with Gasteiger partial charge in [-0.05, 0) is 36.8 Å². The zero-order chi connectivity index (χ0) is 18.0. The Bertz CT molecular complexity index is 863. The molecule has 3 rings (SSSR count). The number of rotatable bonds is 3. The van der Waals surface area contributed by atoms with Crippen molar-refractivity contribution in [3.63, 3.8) is 0 Å². The number of primary amides is 1. The van der Waals surface area contributed by atoms with E-state index in [1.807, 2.05) is 29.6 Å². The molecule has 130 valence electrons. The number of urea groups is 1. The number of pyridine rings is 1. The predicted molar refractivity (Wildman–Crippen MR) is 90.9 cm³/mol. The van der Waals surface area contributed by atoms with Gasteiger partial charge in [-0.15, -0.1) is 0 Å². The Hall–Kier alpha value is -2.96. The molecule has 0 fully saturated rings. The minimum Gasteiger partial charge on any atom is -0.452 e. The van der Waals surface area contributed by atoms with Crippen LogP contribution in [0.4, 0.5) is 4.79 Å². The van der Waals surface area contributed by atoms with Gasteiger partial charge < -0.3 is 10.5 Å². The molecule has 0 saturated heterocycles. The van der Waals surface area contributed by atoms with Crippen molar-refractivity contribution in [2.45, 2.75) is 26.2 Å². The number of nitrogens with one attached hydrogen (secondary N) is 1. The van der Waals surface area contributed by atoms with Gasteiger partial charge in [0.15, 0.2) is 6.61 Å². The Balaban J connectivity index is 1.96. The molecule has 3 amide bonds. The number of benzene rings is 1. The first-order valence-electron chi connectivity index (χ1n) is 8.12. The van der Waals surface area contributed by atoms with E-state index in [0.717, 1.165) is 36.0 Å². The van der Waals surface area contributed by atoms with Crippen molar-refractivity contribution >= 4 is 28.8 Å². The first-order chi connectivity index (χ1) is 12.0. The van der Waals surface area contributed by atoms with Gasteiger partial charge >= 0.3 is 12.0 Å². The number of carbonyl (C=O) groups excluding carboxylic acids is 3. The summed E-state index contributed by atoms with van der Waals surface area (Å²) in [5.74, 6) is -0.912. The highest BCUT2D eigenvalue weighted by Gasteiger charge is 2.26. The third kappa shape index (κ3) is 3.60. The van der Waals surface area contributed by atoms with E-state index in [2.05, 4.69) is 11.9 Å². The molecule has 0 radical (unpaired) electrons. The Kier molecular flexibility index (Phi) is 4.65. The van der Waals surface area contributed by atoms with Crippen LogP contribution in [0.5, 0.6) is 0 Å². The number of amides is 3. The second-order valence-corrected chi connectivity index (χ2v) is 6.27. The van der Waals surface area contributed by atoms with Gasteiger partial charge in [-0.2, -0.15) is 0 Å². The maximum absolute atomic E-state index is 12.7. The monoisotopic (exact) mass is 341 g/mol. The Labute approximate surface area is 144 Å². The van der Waals surface area contributed by atoms with E-state index in [1.165, 1.54) is 0 Å². The summed E-state index contributed by atoms with van der Waals surface area (Å²) in [6.07, 6.45) is 2.57. The number of hydrogen-bond acceptors (Lipinski definition) is 5. The number of ether oxygens (including phenoxy) is 1. The van der Waals surface area contributed by atoms with Crippen LogP contribution in [0.15, 0.2) is 24.3 Å². The van der Waals surface area contributed by atoms with Gasteiger partial charge in [0.1, 0.15) is 0 Å². The highest BCUT2D eigenvalue weighted by Crippen LogP contribution is 2.31. The topological polar surface area (TPSA) is 111 Å². The average Bonchev–Trinajstić information content (AvgIpc) is 2.57. The highest BCUT2D eigenvalue weighted by molar-refractivity contribution is 6.06. The molecule has 0 unspecified atom stereocenters. The Morgan fingerprint density at radius 1 is 1.32 bits per heavy atom. The second-order valence-electron chi connectivity index (χ2n) is 6.27. The largest absolute Gasteiger partial charge is 0.452 e. The number of imide groups is 1. The molecule has 0 spiro atoms. The van der Waals surface area contributed by atoms with Gasteiger partial charge in [-0.25, -0.2) is 9.59 Å². The molecule has 25 heavy (non-hydrogen) atoms. The lowest BCUT2D eigenvalue weighted by Gasteiger charge is -2.24. The van der Waals surface area contributed by atoms with E-state index in [4.69, 9.17) is 10.5 Å². The lowest BCUT2D eigenvalue weighted by atomic mass is 9.84. The lowest BCUT2D eigenvalue weighted by molar-refractivity contribution is -0.123. The van der Waals surface area contributed by atoms with Gasteiger partial charge in [-0.3, -0.25) is 15.1 Å². The van der Waals surface area contributed by atoms with Gasteiger partial charge in [-0.1, -0.05) is 25.1 Å². The number of esters is 1. The summed E-state index contributed by atoms with van der Waals surface area (Å²) in [6.45, 7) is 1.57. The number of aromatic nitrogens is 1. The standard InChI is InChI=1S/C18H19N3O4/c1-10-6-7-14-12(8-10)16(11-4-2-3-5-13(11)20-14)17(23)25-9-15(22)21-18(19)24/h2-5,10H,6-9H2,1H3,(H3,19,21,22,24)/t10-/m0/s1. The summed E-state index contributed by atoms with van der Waals surface area (Å²) in [4.78, 5) is 39.5. The van der Waals surface area contributed by atoms with Crippen LogP contribution in [0.3, 0.4) is 0 Å². The van der Waals surface area contributed by atoms with Crippen LogP contribution < -0.4 is 11.1 Å². The summed E-state index contributed by atoms with van der Waals surface area (Å²) < 4.78 is 5.11. The summed E-state index contributed by atoms with van der Waals surface area (Å²) in [5.41, 5.74) is 7.85. The molecule has 3 N–H and O–H groups in total. The summed E-state index contributed by atoms with van der Waals surface area (Å²) >= 11 is 0. The van der Waals surface area contributed by atoms with Crippen molar-refractivity contribution in [2.24, 2.45) is 11.7 Å². The fourth-order valence-corrected chi connectivity index (χ4v) is 3.17. The maximum atomic E-state index is 12.7. The Morgan fingerprint density at radius 2 is 2.08 bits per heavy atom. The summed E-state index contributed by atoms with van der Waals surface area (Å²) in [6, 6.07) is 6.38. The highest BCUT2D eigenvalue weighted by atomic mass is 16.5. The maximum Gasteiger partial charge on any atom is 0.339 e. The number of fused-ring (bicyclic) bond motifs is 2. The third-order valence-corrected chi connectivity index (χ3v) is 4.31. The van der Waals surface area contributed by atoms with Crippen LogP contribution in [0, 0.1) is 5.92 Å². The summed E-state index contributed by atoms with van der Waals surface area (Å²) in [5, 5.41) is 2.57. The van der Waals surface area contributed by atoms with Crippen LogP contribution in [0.1, 0.15) is 35.0 Å². The molecular weight excluding hydrogens is 322 g/mol. The van der Waals surface area contributed by atoms with E-state index < -0.39 is 24.5 Å². The average molecular weight is 341 g/mol. The molecule has 0 aliphatic heterocycles. The van der Waals surface area contributed by atoms with E-state index in [1.54, 1.807) is 0 Å². The van der Waals surface area contributed by atoms with Crippen LogP contribution in [0.25, 0.3) is 10.9 Å². The van der Waals surface area contributed by atoms with Crippen molar-refractivity contribution in [1.82, 2.24) is 10.3 Å². The van der Waals surface area contributed by atoms with Crippen LogP contribution in [0.2, 0.25) is 0 Å². The SMILES string of the molecule is C[C@H]1CCc2nc3ccccc3c(C(=O)OCC(=O)NC(N)=O)c2C1. The minimum atomic E-state index is -0.985. The van der Waals surface area contributed by atoms with Crippen LogP contribution in [-0.2, 0) is 22.4 Å². The predicted octanol–water partition coefficient (Wildman–Crippen LogP) is 1.71. The molecule has 1 aliphatic carbocycles. The van der Waals surface area contributed by atoms with Crippen molar-refractivity contribution < 1.29 is 19.1 Å². The van der Waals surface area contributed by atoms with Gasteiger partial charge in [0.2, 0.25) is 0 Å². The van der Waals surface area contributed by atoms with E-state index in [9.17, 15) is 14.4 Å². The first-order valence-corrected chi connectivity index (χ1v) is 8.12. The third-order valence-electron chi connectivity index (χ3n) is 4.31. The van der Waals surface area contributed by atoms with Crippen LogP contribution >= 0.6 is 0 Å². The molecule has 7 nitrogen and oxygen atoms in total. The number of nitrogens with two attached hydrogens (primary N) is 1. The molecule has 7 heteroatoms. The molecule has 0 saturated carbocycles. The zero-order valence-corrected chi connectivity index (χ0v) is 13.9. The van der Waals surface area contributed by atoms with Gasteiger partial charge in [0.05, 0.1) is 11.1 Å². The molecule has 1 aromatic heterocycles. The fraction of sp³-hybridized carbons (Fsp3) is 0.333. The molecule has 1 atom stereocenters. The number of aryl methyl sites for hydroxylation is 1. The van der Waals surface area contributed by atoms with E-state index in [-0.39, 0.29) is 0 Å². The number of para-hydroxylation sites is 1.